The molecule has 176 valence electrons. The Balaban J connectivity index is 1.83. The van der Waals surface area contributed by atoms with Crippen molar-refractivity contribution in [2.45, 2.75) is 6.92 Å². The number of ether oxygens (including phenoxy) is 2. The Bertz CT molecular complexity index is 1500. The lowest BCUT2D eigenvalue weighted by Crippen LogP contribution is -2.22. The minimum absolute atomic E-state index is 0.171. The number of aromatic nitrogens is 2. The summed E-state index contributed by atoms with van der Waals surface area (Å²) in [6, 6.07) is 17.2. The molecule has 0 aliphatic rings. The predicted octanol–water partition coefficient (Wildman–Crippen LogP) is 5.65. The molecular formula is C25H18ClN3O6. The zero-order valence-corrected chi connectivity index (χ0v) is 19.1. The van der Waals surface area contributed by atoms with Crippen molar-refractivity contribution in [2.24, 2.45) is 0 Å². The molecule has 1 heterocycles. The molecule has 0 aliphatic heterocycles. The third kappa shape index (κ3) is 5.36. The van der Waals surface area contributed by atoms with Gasteiger partial charge in [-0.05, 0) is 61.0 Å². The van der Waals surface area contributed by atoms with Gasteiger partial charge in [-0.2, -0.15) is 0 Å². The molecule has 10 heteroatoms. The highest BCUT2D eigenvalue weighted by Crippen LogP contribution is 2.22. The highest BCUT2D eigenvalue weighted by atomic mass is 35.5. The number of non-ortho nitro benzene ring substituents is 1. The molecule has 0 unspecified atom stereocenters. The van der Waals surface area contributed by atoms with Gasteiger partial charge in [0.25, 0.3) is 11.2 Å². The van der Waals surface area contributed by atoms with Crippen molar-refractivity contribution in [3.8, 4) is 11.4 Å². The molecule has 0 aliphatic carbocycles. The largest absolute Gasteiger partial charge is 0.513 e. The Morgan fingerprint density at radius 1 is 1.09 bits per heavy atom. The standard InChI is InChI=1S/C25H18ClN3O6/c1-2-34-25(31)35-20-11-8-18(9-12-20)28-23(14-5-16-3-6-17(26)7-4-16)27-22-15-19(29(32)33)10-13-21(22)24(28)30/h3-15H,2H2,1H3/b14-5+. The van der Waals surface area contributed by atoms with Gasteiger partial charge in [0.05, 0.1) is 28.1 Å². The van der Waals surface area contributed by atoms with Crippen molar-refractivity contribution < 1.29 is 19.2 Å². The average Bonchev–Trinajstić information content (AvgIpc) is 2.84. The third-order valence-corrected chi connectivity index (χ3v) is 5.19. The van der Waals surface area contributed by atoms with E-state index in [2.05, 4.69) is 4.98 Å². The number of hydrogen-bond acceptors (Lipinski definition) is 7. The summed E-state index contributed by atoms with van der Waals surface area (Å²) in [5.74, 6) is 0.486. The van der Waals surface area contributed by atoms with E-state index in [9.17, 15) is 19.7 Å². The predicted molar refractivity (Wildman–Crippen MR) is 132 cm³/mol. The Hall–Kier alpha value is -4.50. The normalized spacial score (nSPS) is 11.0. The first-order valence-corrected chi connectivity index (χ1v) is 10.8. The van der Waals surface area contributed by atoms with Crippen molar-refractivity contribution in [1.82, 2.24) is 9.55 Å². The number of carbonyl (C=O) groups excluding carboxylic acids is 1. The van der Waals surface area contributed by atoms with E-state index in [1.165, 1.54) is 34.9 Å². The van der Waals surface area contributed by atoms with E-state index in [1.807, 2.05) is 0 Å². The van der Waals surface area contributed by atoms with Crippen LogP contribution in [-0.4, -0.2) is 27.2 Å². The molecule has 4 aromatic rings. The van der Waals surface area contributed by atoms with Crippen LogP contribution in [0.3, 0.4) is 0 Å². The van der Waals surface area contributed by atoms with Gasteiger partial charge >= 0.3 is 6.16 Å². The van der Waals surface area contributed by atoms with Crippen LogP contribution in [0.5, 0.6) is 5.75 Å². The van der Waals surface area contributed by atoms with E-state index in [4.69, 9.17) is 21.1 Å². The quantitative estimate of drug-likeness (QED) is 0.148. The summed E-state index contributed by atoms with van der Waals surface area (Å²) in [6.07, 6.45) is 2.54. The molecule has 0 amide bonds. The second-order valence-corrected chi connectivity index (χ2v) is 7.67. The maximum Gasteiger partial charge on any atom is 0.513 e. The van der Waals surface area contributed by atoms with Crippen LogP contribution < -0.4 is 10.3 Å². The van der Waals surface area contributed by atoms with E-state index >= 15 is 0 Å². The molecule has 0 atom stereocenters. The smallest absolute Gasteiger partial charge is 0.434 e. The minimum atomic E-state index is -0.835. The van der Waals surface area contributed by atoms with E-state index in [0.29, 0.717) is 10.7 Å². The van der Waals surface area contributed by atoms with Crippen LogP contribution in [-0.2, 0) is 4.74 Å². The summed E-state index contributed by atoms with van der Waals surface area (Å²) in [6.45, 7) is 1.84. The molecule has 3 aromatic carbocycles. The second kappa shape index (κ2) is 10.2. The molecule has 0 N–H and O–H groups in total. The fourth-order valence-electron chi connectivity index (χ4n) is 3.32. The van der Waals surface area contributed by atoms with Gasteiger partial charge in [0.2, 0.25) is 0 Å². The summed E-state index contributed by atoms with van der Waals surface area (Å²) in [5.41, 5.74) is 0.871. The number of nitro groups is 1. The number of nitrogens with zero attached hydrogens (tertiary/aromatic N) is 3. The van der Waals surface area contributed by atoms with Crippen molar-refractivity contribution in [2.75, 3.05) is 6.61 Å². The lowest BCUT2D eigenvalue weighted by molar-refractivity contribution is -0.384. The maximum absolute atomic E-state index is 13.4. The third-order valence-electron chi connectivity index (χ3n) is 4.94. The first kappa shape index (κ1) is 23.7. The van der Waals surface area contributed by atoms with Crippen LogP contribution in [0.25, 0.3) is 28.7 Å². The topological polar surface area (TPSA) is 114 Å². The van der Waals surface area contributed by atoms with E-state index < -0.39 is 16.6 Å². The van der Waals surface area contributed by atoms with Crippen molar-refractivity contribution in [3.05, 3.63) is 104 Å². The number of fused-ring (bicyclic) bond motifs is 1. The number of benzene rings is 3. The summed E-state index contributed by atoms with van der Waals surface area (Å²) in [5, 5.41) is 12.0. The molecule has 0 saturated heterocycles. The molecule has 1 aromatic heterocycles. The van der Waals surface area contributed by atoms with Gasteiger partial charge in [-0.3, -0.25) is 19.5 Å². The molecule has 0 saturated carbocycles. The molecule has 0 fully saturated rings. The van der Waals surface area contributed by atoms with Crippen LogP contribution in [0.2, 0.25) is 5.02 Å². The highest BCUT2D eigenvalue weighted by Gasteiger charge is 2.15. The van der Waals surface area contributed by atoms with Gasteiger partial charge in [0, 0.05) is 17.2 Å². The fraction of sp³-hybridized carbons (Fsp3) is 0.0800. The lowest BCUT2D eigenvalue weighted by Gasteiger charge is -2.12. The van der Waals surface area contributed by atoms with Gasteiger partial charge in [-0.15, -0.1) is 0 Å². The Morgan fingerprint density at radius 3 is 2.46 bits per heavy atom. The van der Waals surface area contributed by atoms with Crippen molar-refractivity contribution in [3.63, 3.8) is 0 Å². The number of halogens is 1. The van der Waals surface area contributed by atoms with Gasteiger partial charge in [-0.1, -0.05) is 29.8 Å². The van der Waals surface area contributed by atoms with Gasteiger partial charge in [-0.25, -0.2) is 9.78 Å². The Kier molecular flexibility index (Phi) is 6.88. The van der Waals surface area contributed by atoms with E-state index in [1.54, 1.807) is 55.5 Å². The molecule has 0 bridgehead atoms. The number of hydrogen-bond donors (Lipinski definition) is 0. The fourth-order valence-corrected chi connectivity index (χ4v) is 3.44. The monoisotopic (exact) mass is 491 g/mol. The van der Waals surface area contributed by atoms with E-state index in [0.717, 1.165) is 5.56 Å². The van der Waals surface area contributed by atoms with Crippen molar-refractivity contribution >= 4 is 46.5 Å². The summed E-state index contributed by atoms with van der Waals surface area (Å²) < 4.78 is 11.2. The van der Waals surface area contributed by atoms with Crippen LogP contribution in [0.1, 0.15) is 18.3 Å². The minimum Gasteiger partial charge on any atom is -0.434 e. The average molecular weight is 492 g/mol. The molecule has 9 nitrogen and oxygen atoms in total. The zero-order chi connectivity index (χ0) is 24.9. The van der Waals surface area contributed by atoms with Crippen LogP contribution in [0.15, 0.2) is 71.5 Å². The molecule has 0 radical (unpaired) electrons. The molecule has 4 rings (SSSR count). The van der Waals surface area contributed by atoms with Gasteiger partial charge in [0.1, 0.15) is 11.6 Å². The second-order valence-electron chi connectivity index (χ2n) is 7.23. The molecule has 0 spiro atoms. The number of nitro benzene ring substituents is 1. The van der Waals surface area contributed by atoms with Gasteiger partial charge in [0.15, 0.2) is 0 Å². The maximum atomic E-state index is 13.4. The summed E-state index contributed by atoms with van der Waals surface area (Å²) in [4.78, 5) is 40.2. The lowest BCUT2D eigenvalue weighted by atomic mass is 10.2. The van der Waals surface area contributed by atoms with Crippen molar-refractivity contribution in [1.29, 1.82) is 0 Å². The van der Waals surface area contributed by atoms with Gasteiger partial charge < -0.3 is 9.47 Å². The highest BCUT2D eigenvalue weighted by molar-refractivity contribution is 6.30. The summed E-state index contributed by atoms with van der Waals surface area (Å²) >= 11 is 5.95. The first-order chi connectivity index (χ1) is 16.9. The summed E-state index contributed by atoms with van der Waals surface area (Å²) in [7, 11) is 0. The molecule has 35 heavy (non-hydrogen) atoms. The number of carbonyl (C=O) groups is 1. The Labute approximate surface area is 204 Å². The van der Waals surface area contributed by atoms with Crippen LogP contribution >= 0.6 is 11.6 Å². The van der Waals surface area contributed by atoms with Crippen LogP contribution in [0, 0.1) is 10.1 Å². The zero-order valence-electron chi connectivity index (χ0n) is 18.4. The number of rotatable bonds is 6. The SMILES string of the molecule is CCOC(=O)Oc1ccc(-n2c(/C=C/c3ccc(Cl)cc3)nc3cc([N+](=O)[O-])ccc3c2=O)cc1. The van der Waals surface area contributed by atoms with E-state index in [-0.39, 0.29) is 34.8 Å². The first-order valence-electron chi connectivity index (χ1n) is 10.5. The Morgan fingerprint density at radius 2 is 1.80 bits per heavy atom. The molecular weight excluding hydrogens is 474 g/mol. The van der Waals surface area contributed by atoms with Crippen LogP contribution in [0.4, 0.5) is 10.5 Å².